The van der Waals surface area contributed by atoms with Gasteiger partial charge in [0.2, 0.25) is 5.88 Å². The molecule has 0 spiro atoms. The fourth-order valence-electron chi connectivity index (χ4n) is 3.68. The van der Waals surface area contributed by atoms with E-state index in [2.05, 4.69) is 56.7 Å². The smallest absolute Gasteiger partial charge is 0.234 e. The summed E-state index contributed by atoms with van der Waals surface area (Å²) in [5, 5.41) is 10.2. The molecule has 5 rings (SSSR count). The zero-order valence-corrected chi connectivity index (χ0v) is 16.8. The largest absolute Gasteiger partial charge is 0.473 e. The second-order valence-electron chi connectivity index (χ2n) is 7.04. The zero-order chi connectivity index (χ0) is 19.1. The summed E-state index contributed by atoms with van der Waals surface area (Å²) in [5.74, 6) is 1.01. The van der Waals surface area contributed by atoms with E-state index in [-0.39, 0.29) is 6.10 Å². The minimum atomic E-state index is 0.138. The molecule has 1 aliphatic heterocycles. The summed E-state index contributed by atoms with van der Waals surface area (Å²) in [4.78, 5) is 4.78. The Morgan fingerprint density at radius 3 is 2.71 bits per heavy atom. The molecule has 142 valence electrons. The summed E-state index contributed by atoms with van der Waals surface area (Å²) in [6, 6.07) is 14.7. The number of nitrogens with one attached hydrogen (secondary N) is 1. The second kappa shape index (κ2) is 7.07. The molecule has 2 aromatic carbocycles. The monoisotopic (exact) mass is 437 g/mol. The highest BCUT2D eigenvalue weighted by molar-refractivity contribution is 9.10. The van der Waals surface area contributed by atoms with Gasteiger partial charge in [-0.05, 0) is 64.3 Å². The van der Waals surface area contributed by atoms with Crippen LogP contribution in [0.4, 0.5) is 5.82 Å². The maximum Gasteiger partial charge on any atom is 0.234 e. The first-order valence-corrected chi connectivity index (χ1v) is 10.2. The Morgan fingerprint density at radius 1 is 1.11 bits per heavy atom. The SMILES string of the molecule is Nc1c(Br)c(OC2CCNCC2)nc2c(-c3ccc4ccccc4c3)cnn12. The van der Waals surface area contributed by atoms with E-state index < -0.39 is 0 Å². The maximum atomic E-state index is 6.33. The topological polar surface area (TPSA) is 77.5 Å². The standard InChI is InChI=1S/C21H20BrN5O/c22-18-19(23)27-20(26-21(18)28-16-7-9-24-10-8-16)17(12-25-27)15-6-5-13-3-1-2-4-14(13)11-15/h1-6,11-12,16,24H,7-10,23H2. The molecule has 1 fully saturated rings. The number of rotatable bonds is 3. The summed E-state index contributed by atoms with van der Waals surface area (Å²) < 4.78 is 8.49. The zero-order valence-electron chi connectivity index (χ0n) is 15.2. The average Bonchev–Trinajstić information content (AvgIpc) is 3.16. The first-order chi connectivity index (χ1) is 13.7. The normalized spacial score (nSPS) is 15.3. The molecular weight excluding hydrogens is 418 g/mol. The van der Waals surface area contributed by atoms with Crippen LogP contribution in [-0.4, -0.2) is 33.8 Å². The molecule has 1 aliphatic rings. The molecule has 3 N–H and O–H groups in total. The minimum absolute atomic E-state index is 0.138. The number of anilines is 1. The van der Waals surface area contributed by atoms with Crippen LogP contribution in [0.15, 0.2) is 53.1 Å². The number of hydrogen-bond acceptors (Lipinski definition) is 5. The van der Waals surface area contributed by atoms with Crippen LogP contribution in [0, 0.1) is 0 Å². The lowest BCUT2D eigenvalue weighted by Crippen LogP contribution is -2.34. The van der Waals surface area contributed by atoms with Crippen LogP contribution in [-0.2, 0) is 0 Å². The lowest BCUT2D eigenvalue weighted by molar-refractivity contribution is 0.155. The maximum absolute atomic E-state index is 6.33. The lowest BCUT2D eigenvalue weighted by atomic mass is 10.0. The number of piperidine rings is 1. The van der Waals surface area contributed by atoms with Crippen molar-refractivity contribution in [2.45, 2.75) is 18.9 Å². The third-order valence-corrected chi connectivity index (χ3v) is 5.96. The van der Waals surface area contributed by atoms with Gasteiger partial charge >= 0.3 is 0 Å². The minimum Gasteiger partial charge on any atom is -0.473 e. The summed E-state index contributed by atoms with van der Waals surface area (Å²) in [6.45, 7) is 1.91. The molecular formula is C21H20BrN5O. The highest BCUT2D eigenvalue weighted by atomic mass is 79.9. The van der Waals surface area contributed by atoms with Crippen molar-refractivity contribution in [3.05, 3.63) is 53.1 Å². The lowest BCUT2D eigenvalue weighted by Gasteiger charge is -2.24. The summed E-state index contributed by atoms with van der Waals surface area (Å²) in [6.07, 6.45) is 3.86. The number of fused-ring (bicyclic) bond motifs is 2. The summed E-state index contributed by atoms with van der Waals surface area (Å²) >= 11 is 3.54. The highest BCUT2D eigenvalue weighted by Gasteiger charge is 2.21. The Morgan fingerprint density at radius 2 is 1.89 bits per heavy atom. The molecule has 0 unspecified atom stereocenters. The number of aromatic nitrogens is 3. The van der Waals surface area contributed by atoms with Gasteiger partial charge in [0.25, 0.3) is 0 Å². The van der Waals surface area contributed by atoms with Gasteiger partial charge in [-0.25, -0.2) is 0 Å². The fourth-order valence-corrected chi connectivity index (χ4v) is 4.03. The molecule has 6 nitrogen and oxygen atoms in total. The van der Waals surface area contributed by atoms with E-state index in [9.17, 15) is 0 Å². The molecule has 0 aliphatic carbocycles. The van der Waals surface area contributed by atoms with E-state index in [4.69, 9.17) is 15.5 Å². The third-order valence-electron chi connectivity index (χ3n) is 5.22. The average molecular weight is 438 g/mol. The van der Waals surface area contributed by atoms with Crippen molar-refractivity contribution in [3.63, 3.8) is 0 Å². The van der Waals surface area contributed by atoms with Crippen LogP contribution in [0.3, 0.4) is 0 Å². The number of halogens is 1. The van der Waals surface area contributed by atoms with Crippen LogP contribution in [0.25, 0.3) is 27.5 Å². The number of nitrogens with two attached hydrogens (primary N) is 1. The number of hydrogen-bond donors (Lipinski definition) is 2. The number of benzene rings is 2. The van der Waals surface area contributed by atoms with Crippen molar-refractivity contribution < 1.29 is 4.74 Å². The molecule has 3 heterocycles. The van der Waals surface area contributed by atoms with E-state index in [1.165, 1.54) is 10.8 Å². The van der Waals surface area contributed by atoms with Gasteiger partial charge in [0.05, 0.1) is 6.20 Å². The summed E-state index contributed by atoms with van der Waals surface area (Å²) in [7, 11) is 0. The van der Waals surface area contributed by atoms with Crippen LogP contribution in [0.2, 0.25) is 0 Å². The second-order valence-corrected chi connectivity index (χ2v) is 7.83. The quantitative estimate of drug-likeness (QED) is 0.505. The third kappa shape index (κ3) is 3.00. The van der Waals surface area contributed by atoms with E-state index in [0.717, 1.165) is 37.1 Å². The predicted octanol–water partition coefficient (Wildman–Crippen LogP) is 4.03. The van der Waals surface area contributed by atoms with Crippen LogP contribution < -0.4 is 15.8 Å². The van der Waals surface area contributed by atoms with Crippen molar-refractivity contribution >= 4 is 38.2 Å². The van der Waals surface area contributed by atoms with E-state index in [1.807, 2.05) is 18.3 Å². The molecule has 0 atom stereocenters. The first-order valence-electron chi connectivity index (χ1n) is 9.40. The molecule has 4 aromatic rings. The number of ether oxygens (including phenoxy) is 1. The molecule has 0 radical (unpaired) electrons. The Bertz CT molecular complexity index is 1170. The van der Waals surface area contributed by atoms with Gasteiger partial charge in [-0.2, -0.15) is 14.6 Å². The molecule has 1 saturated heterocycles. The van der Waals surface area contributed by atoms with Crippen LogP contribution in [0.1, 0.15) is 12.8 Å². The number of nitrogens with zero attached hydrogens (tertiary/aromatic N) is 3. The van der Waals surface area contributed by atoms with Crippen molar-refractivity contribution in [2.24, 2.45) is 0 Å². The fraction of sp³-hybridized carbons (Fsp3) is 0.238. The Hall–Kier alpha value is -2.64. The predicted molar refractivity (Wildman–Crippen MR) is 115 cm³/mol. The van der Waals surface area contributed by atoms with Gasteiger partial charge in [0.15, 0.2) is 5.65 Å². The Labute approximate surface area is 170 Å². The van der Waals surface area contributed by atoms with Crippen molar-refractivity contribution in [1.29, 1.82) is 0 Å². The van der Waals surface area contributed by atoms with Crippen LogP contribution in [0.5, 0.6) is 5.88 Å². The summed E-state index contributed by atoms with van der Waals surface area (Å²) in [5.41, 5.74) is 9.00. The highest BCUT2D eigenvalue weighted by Crippen LogP contribution is 2.35. The molecule has 2 aromatic heterocycles. The molecule has 28 heavy (non-hydrogen) atoms. The molecule has 0 saturated carbocycles. The van der Waals surface area contributed by atoms with Gasteiger partial charge in [-0.1, -0.05) is 36.4 Å². The van der Waals surface area contributed by atoms with Crippen LogP contribution >= 0.6 is 15.9 Å². The Balaban J connectivity index is 1.61. The van der Waals surface area contributed by atoms with Crippen molar-refractivity contribution in [1.82, 2.24) is 19.9 Å². The van der Waals surface area contributed by atoms with E-state index >= 15 is 0 Å². The Kier molecular flexibility index (Phi) is 4.41. The van der Waals surface area contributed by atoms with Crippen molar-refractivity contribution in [3.8, 4) is 17.0 Å². The van der Waals surface area contributed by atoms with Gasteiger partial charge in [-0.15, -0.1) is 0 Å². The van der Waals surface area contributed by atoms with Crippen molar-refractivity contribution in [2.75, 3.05) is 18.8 Å². The molecule has 0 bridgehead atoms. The van der Waals surface area contributed by atoms with Gasteiger partial charge in [0.1, 0.15) is 16.4 Å². The van der Waals surface area contributed by atoms with E-state index in [0.29, 0.717) is 21.8 Å². The van der Waals surface area contributed by atoms with E-state index in [1.54, 1.807) is 4.52 Å². The first kappa shape index (κ1) is 17.5. The van der Waals surface area contributed by atoms with Gasteiger partial charge < -0.3 is 15.8 Å². The number of nitrogen functional groups attached to an aromatic ring is 1. The molecule has 0 amide bonds. The van der Waals surface area contributed by atoms with Gasteiger partial charge in [-0.3, -0.25) is 0 Å². The van der Waals surface area contributed by atoms with Gasteiger partial charge in [0, 0.05) is 5.56 Å². The molecule has 7 heteroatoms.